The van der Waals surface area contributed by atoms with E-state index in [1.807, 2.05) is 0 Å². The van der Waals surface area contributed by atoms with Crippen LogP contribution in [0.5, 0.6) is 5.75 Å². The Morgan fingerprint density at radius 3 is 2.70 bits per heavy atom. The second-order valence-electron chi connectivity index (χ2n) is 4.48. The highest BCUT2D eigenvalue weighted by molar-refractivity contribution is 5.94. The first-order valence-electron chi connectivity index (χ1n) is 6.30. The first-order chi connectivity index (χ1) is 9.45. The minimum Gasteiger partial charge on any atom is -0.497 e. The highest BCUT2D eigenvalue weighted by Gasteiger charge is 2.13. The Morgan fingerprint density at radius 2 is 2.15 bits per heavy atom. The molecule has 0 radical (unpaired) electrons. The number of halogens is 1. The van der Waals surface area contributed by atoms with E-state index in [1.54, 1.807) is 6.92 Å². The summed E-state index contributed by atoms with van der Waals surface area (Å²) in [5.74, 6) is -2.15. The zero-order valence-electron chi connectivity index (χ0n) is 11.5. The highest BCUT2D eigenvalue weighted by Crippen LogP contribution is 2.16. The van der Waals surface area contributed by atoms with Gasteiger partial charge in [0.05, 0.1) is 18.6 Å². The molecule has 0 aliphatic carbocycles. The molecule has 2 N–H and O–H groups in total. The number of hydrogen-bond donors (Lipinski definition) is 2. The second-order valence-corrected chi connectivity index (χ2v) is 4.48. The van der Waals surface area contributed by atoms with Gasteiger partial charge in [-0.1, -0.05) is 6.92 Å². The number of nitrogens with one attached hydrogen (secondary N) is 1. The van der Waals surface area contributed by atoms with E-state index in [1.165, 1.54) is 19.2 Å². The predicted octanol–water partition coefficient (Wildman–Crippen LogP) is 2.07. The lowest BCUT2D eigenvalue weighted by molar-refractivity contribution is -0.141. The Balaban J connectivity index is 2.45. The first-order valence-corrected chi connectivity index (χ1v) is 6.30. The van der Waals surface area contributed by atoms with Crippen molar-refractivity contribution >= 4 is 11.9 Å². The smallest absolute Gasteiger partial charge is 0.306 e. The van der Waals surface area contributed by atoms with Gasteiger partial charge in [0.25, 0.3) is 5.91 Å². The van der Waals surface area contributed by atoms with Crippen LogP contribution in [0.4, 0.5) is 4.39 Å². The fraction of sp³-hybridized carbons (Fsp3) is 0.429. The Hall–Kier alpha value is -2.11. The van der Waals surface area contributed by atoms with Gasteiger partial charge < -0.3 is 15.2 Å². The van der Waals surface area contributed by atoms with E-state index in [0.717, 1.165) is 6.07 Å². The van der Waals surface area contributed by atoms with Crippen molar-refractivity contribution in [2.75, 3.05) is 13.7 Å². The average Bonchev–Trinajstić information content (AvgIpc) is 2.42. The molecule has 5 nitrogen and oxygen atoms in total. The zero-order chi connectivity index (χ0) is 15.1. The van der Waals surface area contributed by atoms with Crippen LogP contribution < -0.4 is 10.1 Å². The fourth-order valence-corrected chi connectivity index (χ4v) is 1.64. The summed E-state index contributed by atoms with van der Waals surface area (Å²) in [4.78, 5) is 22.3. The molecule has 1 unspecified atom stereocenters. The van der Waals surface area contributed by atoms with Crippen molar-refractivity contribution in [3.05, 3.63) is 29.6 Å². The molecule has 0 aliphatic heterocycles. The van der Waals surface area contributed by atoms with Gasteiger partial charge in [-0.2, -0.15) is 0 Å². The summed E-state index contributed by atoms with van der Waals surface area (Å²) in [7, 11) is 1.41. The van der Waals surface area contributed by atoms with Crippen LogP contribution in [0.1, 0.15) is 30.1 Å². The van der Waals surface area contributed by atoms with Crippen molar-refractivity contribution in [1.82, 2.24) is 5.32 Å². The number of rotatable bonds is 7. The molecule has 1 atom stereocenters. The molecule has 0 heterocycles. The number of ether oxygens (including phenoxy) is 1. The Morgan fingerprint density at radius 1 is 1.45 bits per heavy atom. The minimum atomic E-state index is -0.863. The van der Waals surface area contributed by atoms with Crippen molar-refractivity contribution in [3.8, 4) is 5.75 Å². The number of carbonyl (C=O) groups is 2. The maximum Gasteiger partial charge on any atom is 0.306 e. The van der Waals surface area contributed by atoms with Gasteiger partial charge in [0.2, 0.25) is 0 Å². The topological polar surface area (TPSA) is 75.6 Å². The maximum atomic E-state index is 13.6. The molecular formula is C14H18FNO4. The quantitative estimate of drug-likeness (QED) is 0.751. The van der Waals surface area contributed by atoms with Crippen molar-refractivity contribution in [3.63, 3.8) is 0 Å². The molecule has 6 heteroatoms. The van der Waals surface area contributed by atoms with E-state index in [-0.39, 0.29) is 5.56 Å². The van der Waals surface area contributed by atoms with E-state index in [0.29, 0.717) is 25.1 Å². The van der Waals surface area contributed by atoms with E-state index in [4.69, 9.17) is 9.84 Å². The minimum absolute atomic E-state index is 0.0583. The van der Waals surface area contributed by atoms with E-state index < -0.39 is 23.6 Å². The molecule has 0 aliphatic rings. The van der Waals surface area contributed by atoms with E-state index in [9.17, 15) is 14.0 Å². The van der Waals surface area contributed by atoms with Gasteiger partial charge in [-0.3, -0.25) is 9.59 Å². The molecule has 1 aromatic carbocycles. The summed E-state index contributed by atoms with van der Waals surface area (Å²) in [5, 5.41) is 11.3. The second kappa shape index (κ2) is 7.47. The van der Waals surface area contributed by atoms with Crippen molar-refractivity contribution in [2.45, 2.75) is 19.8 Å². The summed E-state index contributed by atoms with van der Waals surface area (Å²) >= 11 is 0. The Labute approximate surface area is 116 Å². The molecule has 0 fully saturated rings. The summed E-state index contributed by atoms with van der Waals surface area (Å²) in [5.41, 5.74) is -0.0583. The number of methoxy groups -OCH3 is 1. The van der Waals surface area contributed by atoms with E-state index in [2.05, 4.69) is 5.32 Å². The van der Waals surface area contributed by atoms with Gasteiger partial charge in [0, 0.05) is 12.6 Å². The van der Waals surface area contributed by atoms with Crippen LogP contribution in [0.25, 0.3) is 0 Å². The average molecular weight is 283 g/mol. The van der Waals surface area contributed by atoms with Gasteiger partial charge >= 0.3 is 5.97 Å². The normalized spacial score (nSPS) is 11.8. The Bertz CT molecular complexity index is 490. The number of hydrogen-bond acceptors (Lipinski definition) is 3. The van der Waals surface area contributed by atoms with Gasteiger partial charge in [0.1, 0.15) is 11.6 Å². The molecular weight excluding hydrogens is 265 g/mol. The molecule has 0 bridgehead atoms. The Kier molecular flexibility index (Phi) is 5.96. The summed E-state index contributed by atoms with van der Waals surface area (Å²) in [6.45, 7) is 1.91. The molecule has 110 valence electrons. The van der Waals surface area contributed by atoms with Crippen molar-refractivity contribution in [1.29, 1.82) is 0 Å². The maximum absolute atomic E-state index is 13.6. The van der Waals surface area contributed by atoms with Crippen LogP contribution in [-0.4, -0.2) is 30.6 Å². The number of benzene rings is 1. The van der Waals surface area contributed by atoms with Crippen LogP contribution in [0, 0.1) is 11.7 Å². The summed E-state index contributed by atoms with van der Waals surface area (Å²) in [6, 6.07) is 4.00. The lowest BCUT2D eigenvalue weighted by atomic mass is 10.1. The number of amides is 1. The third kappa shape index (κ3) is 4.53. The molecule has 20 heavy (non-hydrogen) atoms. The SMILES string of the molecule is COc1ccc(C(=O)NCCCC(C)C(=O)O)c(F)c1. The number of carbonyl (C=O) groups excluding carboxylic acids is 1. The van der Waals surface area contributed by atoms with Crippen molar-refractivity contribution < 1.29 is 23.8 Å². The number of aliphatic carboxylic acids is 1. The first kappa shape index (κ1) is 15.9. The van der Waals surface area contributed by atoms with Crippen LogP contribution in [0.15, 0.2) is 18.2 Å². The molecule has 1 aromatic rings. The lowest BCUT2D eigenvalue weighted by Gasteiger charge is -2.08. The molecule has 1 rings (SSSR count). The van der Waals surface area contributed by atoms with Gasteiger partial charge in [-0.05, 0) is 25.0 Å². The third-order valence-electron chi connectivity index (χ3n) is 2.94. The van der Waals surface area contributed by atoms with Crippen molar-refractivity contribution in [2.24, 2.45) is 5.92 Å². The molecule has 0 saturated heterocycles. The molecule has 0 aromatic heterocycles. The molecule has 1 amide bonds. The fourth-order valence-electron chi connectivity index (χ4n) is 1.64. The largest absolute Gasteiger partial charge is 0.497 e. The summed E-state index contributed by atoms with van der Waals surface area (Å²) in [6.07, 6.45) is 0.984. The molecule has 0 saturated carbocycles. The van der Waals surface area contributed by atoms with E-state index >= 15 is 0 Å². The highest BCUT2D eigenvalue weighted by atomic mass is 19.1. The van der Waals surface area contributed by atoms with Gasteiger partial charge in [-0.25, -0.2) is 4.39 Å². The standard InChI is InChI=1S/C14H18FNO4/c1-9(14(18)19)4-3-7-16-13(17)11-6-5-10(20-2)8-12(11)15/h5-6,8-9H,3-4,7H2,1-2H3,(H,16,17)(H,18,19). The monoisotopic (exact) mass is 283 g/mol. The third-order valence-corrected chi connectivity index (χ3v) is 2.94. The van der Waals surface area contributed by atoms with Gasteiger partial charge in [-0.15, -0.1) is 0 Å². The lowest BCUT2D eigenvalue weighted by Crippen LogP contribution is -2.26. The van der Waals surface area contributed by atoms with Crippen LogP contribution in [0.2, 0.25) is 0 Å². The summed E-state index contributed by atoms with van der Waals surface area (Å²) < 4.78 is 18.5. The molecule has 0 spiro atoms. The predicted molar refractivity (Wildman–Crippen MR) is 71.3 cm³/mol. The zero-order valence-corrected chi connectivity index (χ0v) is 11.5. The van der Waals surface area contributed by atoms with Crippen LogP contribution in [-0.2, 0) is 4.79 Å². The van der Waals surface area contributed by atoms with Crippen LogP contribution in [0.3, 0.4) is 0 Å². The van der Waals surface area contributed by atoms with Gasteiger partial charge in [0.15, 0.2) is 0 Å². The number of carboxylic acid groups (broad SMARTS) is 1. The van der Waals surface area contributed by atoms with Crippen LogP contribution >= 0.6 is 0 Å². The number of carboxylic acids is 1.